The lowest BCUT2D eigenvalue weighted by molar-refractivity contribution is -0.123. The zero-order chi connectivity index (χ0) is 13.8. The van der Waals surface area contributed by atoms with E-state index in [1.807, 2.05) is 6.92 Å². The fourth-order valence-electron chi connectivity index (χ4n) is 2.00. The van der Waals surface area contributed by atoms with Crippen LogP contribution in [-0.4, -0.2) is 30.7 Å². The first kappa shape index (κ1) is 17.1. The van der Waals surface area contributed by atoms with E-state index in [-0.39, 0.29) is 36.2 Å². The minimum Gasteiger partial charge on any atom is -0.496 e. The molecule has 1 aromatic rings. The summed E-state index contributed by atoms with van der Waals surface area (Å²) in [6.07, 6.45) is 0. The molecule has 2 atom stereocenters. The largest absolute Gasteiger partial charge is 0.496 e. The van der Waals surface area contributed by atoms with Crippen LogP contribution in [0.25, 0.3) is 0 Å². The maximum absolute atomic E-state index is 13.3. The molecule has 1 fully saturated rings. The Morgan fingerprint density at radius 3 is 2.95 bits per heavy atom. The second-order valence-electron chi connectivity index (χ2n) is 4.39. The van der Waals surface area contributed by atoms with Gasteiger partial charge in [0.05, 0.1) is 19.2 Å². The van der Waals surface area contributed by atoms with Crippen molar-refractivity contribution in [2.45, 2.75) is 19.0 Å². The van der Waals surface area contributed by atoms with E-state index in [2.05, 4.69) is 10.6 Å². The van der Waals surface area contributed by atoms with Crippen molar-refractivity contribution < 1.29 is 13.9 Å². The van der Waals surface area contributed by atoms with E-state index in [9.17, 15) is 9.18 Å². The number of nitrogens with one attached hydrogen (secondary N) is 2. The van der Waals surface area contributed by atoms with Crippen LogP contribution in [-0.2, 0) is 4.79 Å². The molecule has 1 aromatic carbocycles. The monoisotopic (exact) mass is 320 g/mol. The molecule has 7 heteroatoms. The molecule has 4 nitrogen and oxygen atoms in total. The first-order valence-corrected chi connectivity index (χ1v) is 7.22. The van der Waals surface area contributed by atoms with Gasteiger partial charge in [-0.3, -0.25) is 10.1 Å². The smallest absolute Gasteiger partial charge is 0.238 e. The van der Waals surface area contributed by atoms with E-state index < -0.39 is 0 Å². The number of hydrogen-bond donors (Lipinski definition) is 2. The SMILES string of the molecule is COc1ccc(F)cc1C(C)NC(=O)C1CSCN1.Cl. The lowest BCUT2D eigenvalue weighted by atomic mass is 10.1. The van der Waals surface area contributed by atoms with Gasteiger partial charge in [0, 0.05) is 17.2 Å². The highest BCUT2D eigenvalue weighted by atomic mass is 35.5. The molecule has 20 heavy (non-hydrogen) atoms. The Hall–Kier alpha value is -0.980. The highest BCUT2D eigenvalue weighted by molar-refractivity contribution is 7.99. The fourth-order valence-corrected chi connectivity index (χ4v) is 2.94. The summed E-state index contributed by atoms with van der Waals surface area (Å²) >= 11 is 1.69. The average Bonchev–Trinajstić information content (AvgIpc) is 2.92. The Kier molecular flexibility index (Phi) is 6.58. The molecule has 1 aliphatic rings. The standard InChI is InChI=1S/C13H17FN2O2S.ClH/c1-8(16-13(17)11-6-19-7-15-11)10-5-9(14)3-4-12(10)18-2;/h3-5,8,11,15H,6-7H2,1-2H3,(H,16,17);1H. The minimum atomic E-state index is -0.341. The lowest BCUT2D eigenvalue weighted by Crippen LogP contribution is -2.43. The third-order valence-electron chi connectivity index (χ3n) is 3.05. The summed E-state index contributed by atoms with van der Waals surface area (Å²) < 4.78 is 18.5. The predicted octanol–water partition coefficient (Wildman–Crippen LogP) is 2.10. The first-order valence-electron chi connectivity index (χ1n) is 6.06. The predicted molar refractivity (Wildman–Crippen MR) is 81.0 cm³/mol. The summed E-state index contributed by atoms with van der Waals surface area (Å²) in [4.78, 5) is 12.0. The Bertz CT molecular complexity index is 470. The molecule has 2 unspecified atom stereocenters. The van der Waals surface area contributed by atoms with Crippen LogP contribution in [0, 0.1) is 5.82 Å². The zero-order valence-electron chi connectivity index (χ0n) is 11.3. The number of amides is 1. The molecule has 0 spiro atoms. The van der Waals surface area contributed by atoms with Crippen molar-refractivity contribution in [2.75, 3.05) is 18.7 Å². The number of carbonyl (C=O) groups is 1. The van der Waals surface area contributed by atoms with Gasteiger partial charge in [-0.15, -0.1) is 24.2 Å². The summed E-state index contributed by atoms with van der Waals surface area (Å²) in [5.41, 5.74) is 0.640. The van der Waals surface area contributed by atoms with Crippen molar-refractivity contribution in [2.24, 2.45) is 0 Å². The second kappa shape index (κ2) is 7.71. The van der Waals surface area contributed by atoms with Gasteiger partial charge in [-0.25, -0.2) is 4.39 Å². The summed E-state index contributed by atoms with van der Waals surface area (Å²) in [6.45, 7) is 1.82. The normalized spacial score (nSPS) is 19.1. The van der Waals surface area contributed by atoms with Crippen LogP contribution in [0.4, 0.5) is 4.39 Å². The summed E-state index contributed by atoms with van der Waals surface area (Å²) in [5.74, 6) is 1.72. The highest BCUT2D eigenvalue weighted by Crippen LogP contribution is 2.26. The Balaban J connectivity index is 0.00000200. The molecular formula is C13H18ClFN2O2S. The van der Waals surface area contributed by atoms with E-state index in [0.717, 1.165) is 11.6 Å². The summed E-state index contributed by atoms with van der Waals surface area (Å²) in [6, 6.07) is 3.82. The molecule has 2 rings (SSSR count). The van der Waals surface area contributed by atoms with E-state index in [0.29, 0.717) is 11.3 Å². The van der Waals surface area contributed by atoms with Crippen molar-refractivity contribution in [1.82, 2.24) is 10.6 Å². The van der Waals surface area contributed by atoms with Crippen LogP contribution in [0.3, 0.4) is 0 Å². The first-order chi connectivity index (χ1) is 9.11. The van der Waals surface area contributed by atoms with Crippen LogP contribution < -0.4 is 15.4 Å². The van der Waals surface area contributed by atoms with Crippen LogP contribution >= 0.6 is 24.2 Å². The van der Waals surface area contributed by atoms with Crippen molar-refractivity contribution in [1.29, 1.82) is 0 Å². The fraction of sp³-hybridized carbons (Fsp3) is 0.462. The summed E-state index contributed by atoms with van der Waals surface area (Å²) in [7, 11) is 1.53. The van der Waals surface area contributed by atoms with E-state index in [1.54, 1.807) is 17.8 Å². The molecule has 1 aliphatic heterocycles. The van der Waals surface area contributed by atoms with E-state index in [4.69, 9.17) is 4.74 Å². The van der Waals surface area contributed by atoms with Crippen LogP contribution in [0.5, 0.6) is 5.75 Å². The third kappa shape index (κ3) is 4.01. The topological polar surface area (TPSA) is 50.4 Å². The molecule has 0 aliphatic carbocycles. The average molecular weight is 321 g/mol. The van der Waals surface area contributed by atoms with Crippen molar-refractivity contribution in [3.05, 3.63) is 29.6 Å². The van der Waals surface area contributed by atoms with Crippen LogP contribution in [0.1, 0.15) is 18.5 Å². The Labute approximate surface area is 128 Å². The zero-order valence-corrected chi connectivity index (χ0v) is 12.9. The van der Waals surface area contributed by atoms with Gasteiger partial charge in [0.15, 0.2) is 0 Å². The van der Waals surface area contributed by atoms with Gasteiger partial charge < -0.3 is 10.1 Å². The van der Waals surface area contributed by atoms with Gasteiger partial charge in [0.2, 0.25) is 5.91 Å². The molecule has 0 bridgehead atoms. The second-order valence-corrected chi connectivity index (χ2v) is 5.42. The minimum absolute atomic E-state index is 0. The van der Waals surface area contributed by atoms with Crippen LogP contribution in [0.15, 0.2) is 18.2 Å². The van der Waals surface area contributed by atoms with Gasteiger partial charge in [0.1, 0.15) is 11.6 Å². The Morgan fingerprint density at radius 1 is 1.60 bits per heavy atom. The number of methoxy groups -OCH3 is 1. The maximum atomic E-state index is 13.3. The highest BCUT2D eigenvalue weighted by Gasteiger charge is 2.24. The van der Waals surface area contributed by atoms with Gasteiger partial charge >= 0.3 is 0 Å². The Morgan fingerprint density at radius 2 is 2.35 bits per heavy atom. The van der Waals surface area contributed by atoms with Gasteiger partial charge in [-0.05, 0) is 25.1 Å². The summed E-state index contributed by atoms with van der Waals surface area (Å²) in [5, 5.41) is 5.98. The molecule has 2 N–H and O–H groups in total. The van der Waals surface area contributed by atoms with Gasteiger partial charge in [-0.1, -0.05) is 0 Å². The maximum Gasteiger partial charge on any atom is 0.238 e. The number of ether oxygens (including phenoxy) is 1. The molecule has 1 amide bonds. The third-order valence-corrected chi connectivity index (χ3v) is 3.99. The number of thioether (sulfide) groups is 1. The number of rotatable bonds is 4. The van der Waals surface area contributed by atoms with Crippen molar-refractivity contribution >= 4 is 30.1 Å². The molecule has 1 heterocycles. The van der Waals surface area contributed by atoms with E-state index in [1.165, 1.54) is 19.2 Å². The molecule has 112 valence electrons. The molecule has 0 saturated carbocycles. The number of halogens is 2. The molecule has 0 aromatic heterocycles. The number of carbonyl (C=O) groups excluding carboxylic acids is 1. The van der Waals surface area contributed by atoms with Gasteiger partial charge in [-0.2, -0.15) is 0 Å². The molecular weight excluding hydrogens is 303 g/mol. The molecule has 0 radical (unpaired) electrons. The van der Waals surface area contributed by atoms with E-state index >= 15 is 0 Å². The lowest BCUT2D eigenvalue weighted by Gasteiger charge is -2.19. The number of benzene rings is 1. The quantitative estimate of drug-likeness (QED) is 0.892. The van der Waals surface area contributed by atoms with Crippen molar-refractivity contribution in [3.63, 3.8) is 0 Å². The van der Waals surface area contributed by atoms with Gasteiger partial charge in [0.25, 0.3) is 0 Å². The van der Waals surface area contributed by atoms with Crippen LogP contribution in [0.2, 0.25) is 0 Å². The van der Waals surface area contributed by atoms with Crippen molar-refractivity contribution in [3.8, 4) is 5.75 Å². The number of hydrogen-bond acceptors (Lipinski definition) is 4. The molecule has 1 saturated heterocycles.